The summed E-state index contributed by atoms with van der Waals surface area (Å²) in [6, 6.07) is 4.49. The molecule has 1 atom stereocenters. The fourth-order valence-corrected chi connectivity index (χ4v) is 2.21. The summed E-state index contributed by atoms with van der Waals surface area (Å²) in [7, 11) is -4.43. The average Bonchev–Trinajstić information content (AvgIpc) is 2.01. The number of rotatable bonds is 2. The lowest BCUT2D eigenvalue weighted by Gasteiger charge is -2.14. The molecule has 1 aromatic rings. The van der Waals surface area contributed by atoms with Crippen LogP contribution in [0.15, 0.2) is 23.1 Å². The van der Waals surface area contributed by atoms with Gasteiger partial charge in [0.15, 0.2) is 0 Å². The first-order chi connectivity index (χ1) is 6.32. The van der Waals surface area contributed by atoms with Crippen molar-refractivity contribution in [1.82, 2.24) is 0 Å². The zero-order chi connectivity index (χ0) is 10.9. The molecule has 1 unspecified atom stereocenters. The highest BCUT2D eigenvalue weighted by Gasteiger charge is 2.12. The number of hydrogen-bond acceptors (Lipinski definition) is 3. The molecule has 0 saturated carbocycles. The number of hydrogen-bond donors (Lipinski definition) is 0. The smallest absolute Gasteiger partial charge is 0.124 e. The Kier molecular flexibility index (Phi) is 3.19. The Morgan fingerprint density at radius 1 is 1.43 bits per heavy atom. The molecule has 78 valence electrons. The van der Waals surface area contributed by atoms with E-state index < -0.39 is 15.5 Å². The minimum absolute atomic E-state index is 0.231. The molecular weight excluding hydrogens is 224 g/mol. The predicted molar refractivity (Wildman–Crippen MR) is 53.4 cm³/mol. The van der Waals surface area contributed by atoms with E-state index in [4.69, 9.17) is 11.6 Å². The van der Waals surface area contributed by atoms with Crippen molar-refractivity contribution >= 4 is 21.7 Å². The zero-order valence-corrected chi connectivity index (χ0v) is 9.39. The number of halogens is 1. The minimum atomic E-state index is -4.43. The second-order valence-electron chi connectivity index (χ2n) is 3.11. The van der Waals surface area contributed by atoms with Gasteiger partial charge in [0.25, 0.3) is 0 Å². The molecule has 1 rings (SSSR count). The molecule has 0 amide bonds. The molecule has 0 aromatic heterocycles. The van der Waals surface area contributed by atoms with Gasteiger partial charge in [-0.05, 0) is 25.5 Å². The first-order valence-electron chi connectivity index (χ1n) is 4.03. The molecule has 0 radical (unpaired) electrons. The molecule has 3 nitrogen and oxygen atoms in total. The monoisotopic (exact) mass is 233 g/mol. The van der Waals surface area contributed by atoms with Crippen molar-refractivity contribution in [2.45, 2.75) is 24.1 Å². The Morgan fingerprint density at radius 2 is 2.00 bits per heavy atom. The van der Waals surface area contributed by atoms with Crippen LogP contribution in [-0.4, -0.2) is 13.0 Å². The van der Waals surface area contributed by atoms with Gasteiger partial charge in [0.05, 0.1) is 10.3 Å². The van der Waals surface area contributed by atoms with E-state index in [-0.39, 0.29) is 4.90 Å². The normalized spacial score (nSPS) is 14.0. The summed E-state index contributed by atoms with van der Waals surface area (Å²) in [5.74, 6) is 0. The van der Waals surface area contributed by atoms with Gasteiger partial charge < -0.3 is 4.55 Å². The third-order valence-corrected chi connectivity index (χ3v) is 3.01. The van der Waals surface area contributed by atoms with E-state index in [2.05, 4.69) is 0 Å². The van der Waals surface area contributed by atoms with E-state index in [1.54, 1.807) is 19.1 Å². The van der Waals surface area contributed by atoms with Gasteiger partial charge in [-0.25, -0.2) is 8.42 Å². The number of benzene rings is 1. The second-order valence-corrected chi connectivity index (χ2v) is 5.11. The standard InChI is InChI=1S/C9H11ClO3S/c1-6-3-4-9(14(11,12)13)8(5-6)7(2)10/h3-5,7H,1-2H3,(H,11,12,13)/p-1. The van der Waals surface area contributed by atoms with E-state index in [1.807, 2.05) is 6.92 Å². The van der Waals surface area contributed by atoms with Gasteiger partial charge in [-0.3, -0.25) is 0 Å². The van der Waals surface area contributed by atoms with Gasteiger partial charge in [0.2, 0.25) is 0 Å². The Balaban J connectivity index is 3.45. The van der Waals surface area contributed by atoms with E-state index in [1.165, 1.54) is 6.07 Å². The highest BCUT2D eigenvalue weighted by Crippen LogP contribution is 2.27. The third-order valence-electron chi connectivity index (χ3n) is 1.86. The van der Waals surface area contributed by atoms with Crippen molar-refractivity contribution in [3.8, 4) is 0 Å². The summed E-state index contributed by atoms with van der Waals surface area (Å²) in [4.78, 5) is -0.231. The first-order valence-corrected chi connectivity index (χ1v) is 5.87. The number of alkyl halides is 1. The molecular formula is C9H10ClO3S-. The second kappa shape index (κ2) is 3.88. The predicted octanol–water partition coefficient (Wildman–Crippen LogP) is 2.20. The molecule has 0 heterocycles. The Bertz CT molecular complexity index is 437. The van der Waals surface area contributed by atoms with Crippen LogP contribution in [0, 0.1) is 6.92 Å². The topological polar surface area (TPSA) is 57.2 Å². The fourth-order valence-electron chi connectivity index (χ4n) is 1.21. The molecule has 0 N–H and O–H groups in total. The van der Waals surface area contributed by atoms with Gasteiger partial charge in [0, 0.05) is 0 Å². The summed E-state index contributed by atoms with van der Waals surface area (Å²) in [6.45, 7) is 3.44. The molecule has 0 spiro atoms. The van der Waals surface area contributed by atoms with Crippen molar-refractivity contribution in [1.29, 1.82) is 0 Å². The molecule has 14 heavy (non-hydrogen) atoms. The van der Waals surface area contributed by atoms with Gasteiger partial charge in [-0.1, -0.05) is 17.7 Å². The lowest BCUT2D eigenvalue weighted by atomic mass is 10.1. The van der Waals surface area contributed by atoms with Gasteiger partial charge in [-0.2, -0.15) is 0 Å². The molecule has 0 aliphatic heterocycles. The maximum Gasteiger partial charge on any atom is 0.124 e. The van der Waals surface area contributed by atoms with Crippen molar-refractivity contribution in [2.24, 2.45) is 0 Å². The van der Waals surface area contributed by atoms with E-state index in [9.17, 15) is 13.0 Å². The van der Waals surface area contributed by atoms with Crippen LogP contribution in [0.2, 0.25) is 0 Å². The molecule has 0 saturated heterocycles. The van der Waals surface area contributed by atoms with Crippen LogP contribution in [0.5, 0.6) is 0 Å². The Hall–Kier alpha value is -0.580. The first kappa shape index (κ1) is 11.5. The van der Waals surface area contributed by atoms with Crippen molar-refractivity contribution in [2.75, 3.05) is 0 Å². The molecule has 1 aromatic carbocycles. The lowest BCUT2D eigenvalue weighted by Crippen LogP contribution is -2.04. The SMILES string of the molecule is Cc1ccc(S(=O)(=O)[O-])c(C(C)Cl)c1. The number of aryl methyl sites for hydroxylation is 1. The molecule has 0 bridgehead atoms. The van der Waals surface area contributed by atoms with Crippen LogP contribution in [0.25, 0.3) is 0 Å². The summed E-state index contributed by atoms with van der Waals surface area (Å²) in [6.07, 6.45) is 0. The van der Waals surface area contributed by atoms with Crippen molar-refractivity contribution in [3.05, 3.63) is 29.3 Å². The van der Waals surface area contributed by atoms with Crippen LogP contribution < -0.4 is 0 Å². The summed E-state index contributed by atoms with van der Waals surface area (Å²) in [5, 5.41) is -0.492. The summed E-state index contributed by atoms with van der Waals surface area (Å²) >= 11 is 5.78. The molecule has 0 aliphatic carbocycles. The third kappa shape index (κ3) is 2.47. The summed E-state index contributed by atoms with van der Waals surface area (Å²) < 4.78 is 32.6. The maximum absolute atomic E-state index is 10.9. The molecule has 0 fully saturated rings. The summed E-state index contributed by atoms with van der Waals surface area (Å²) in [5.41, 5.74) is 1.24. The molecule has 5 heteroatoms. The largest absolute Gasteiger partial charge is 0.744 e. The zero-order valence-electron chi connectivity index (χ0n) is 7.82. The Labute approximate surface area is 88.5 Å². The van der Waals surface area contributed by atoms with Crippen molar-refractivity contribution < 1.29 is 13.0 Å². The van der Waals surface area contributed by atoms with E-state index in [0.29, 0.717) is 5.56 Å². The molecule has 0 aliphatic rings. The van der Waals surface area contributed by atoms with E-state index in [0.717, 1.165) is 5.56 Å². The highest BCUT2D eigenvalue weighted by atomic mass is 35.5. The average molecular weight is 234 g/mol. The van der Waals surface area contributed by atoms with Crippen LogP contribution in [-0.2, 0) is 10.1 Å². The van der Waals surface area contributed by atoms with Crippen LogP contribution >= 0.6 is 11.6 Å². The van der Waals surface area contributed by atoms with Gasteiger partial charge in [0.1, 0.15) is 10.1 Å². The fraction of sp³-hybridized carbons (Fsp3) is 0.333. The lowest BCUT2D eigenvalue weighted by molar-refractivity contribution is 0.462. The van der Waals surface area contributed by atoms with Gasteiger partial charge in [-0.15, -0.1) is 11.6 Å². The highest BCUT2D eigenvalue weighted by molar-refractivity contribution is 7.85. The minimum Gasteiger partial charge on any atom is -0.744 e. The van der Waals surface area contributed by atoms with Gasteiger partial charge >= 0.3 is 0 Å². The van der Waals surface area contributed by atoms with Crippen molar-refractivity contribution in [3.63, 3.8) is 0 Å². The van der Waals surface area contributed by atoms with Crippen LogP contribution in [0.3, 0.4) is 0 Å². The quantitative estimate of drug-likeness (QED) is 0.581. The maximum atomic E-state index is 10.9. The van der Waals surface area contributed by atoms with Crippen LogP contribution in [0.4, 0.5) is 0 Å². The Morgan fingerprint density at radius 3 is 2.43 bits per heavy atom. The van der Waals surface area contributed by atoms with Crippen LogP contribution in [0.1, 0.15) is 23.4 Å². The van der Waals surface area contributed by atoms with E-state index >= 15 is 0 Å².